The van der Waals surface area contributed by atoms with Gasteiger partial charge in [0.1, 0.15) is 0 Å². The summed E-state index contributed by atoms with van der Waals surface area (Å²) in [5.74, 6) is -0.660. The summed E-state index contributed by atoms with van der Waals surface area (Å²) < 4.78 is 45.8. The van der Waals surface area contributed by atoms with Crippen LogP contribution in [0.4, 0.5) is 13.2 Å². The molecule has 6 nitrogen and oxygen atoms in total. The van der Waals surface area contributed by atoms with Gasteiger partial charge in [0.15, 0.2) is 0 Å². The van der Waals surface area contributed by atoms with E-state index < -0.39 is 11.7 Å². The van der Waals surface area contributed by atoms with E-state index in [4.69, 9.17) is 4.74 Å². The monoisotopic (exact) mass is 473 g/mol. The maximum absolute atomic E-state index is 13.1. The Labute approximate surface area is 195 Å². The van der Waals surface area contributed by atoms with Crippen LogP contribution in [0.25, 0.3) is 5.69 Å². The predicted octanol–water partition coefficient (Wildman–Crippen LogP) is 4.59. The zero-order valence-electron chi connectivity index (χ0n) is 19.2. The van der Waals surface area contributed by atoms with Crippen LogP contribution >= 0.6 is 0 Å². The average molecular weight is 473 g/mol. The van der Waals surface area contributed by atoms with Crippen LogP contribution in [0.5, 0.6) is 0 Å². The van der Waals surface area contributed by atoms with Gasteiger partial charge in [-0.25, -0.2) is 4.68 Å². The van der Waals surface area contributed by atoms with Crippen LogP contribution in [0.3, 0.4) is 0 Å². The van der Waals surface area contributed by atoms with Crippen LogP contribution in [0.1, 0.15) is 44.9 Å². The number of aryl methyl sites for hydroxylation is 1. The van der Waals surface area contributed by atoms with Crippen molar-refractivity contribution in [1.29, 1.82) is 0 Å². The molecule has 0 atom stereocenters. The number of aromatic nitrogens is 2. The molecule has 2 aromatic carbocycles. The minimum Gasteiger partial charge on any atom is -0.469 e. The molecule has 0 radical (unpaired) electrons. The van der Waals surface area contributed by atoms with Crippen LogP contribution in [0, 0.1) is 13.8 Å². The maximum atomic E-state index is 13.1. The van der Waals surface area contributed by atoms with E-state index in [9.17, 15) is 22.8 Å². The number of alkyl halides is 3. The van der Waals surface area contributed by atoms with Crippen molar-refractivity contribution in [1.82, 2.24) is 15.1 Å². The quantitative estimate of drug-likeness (QED) is 0.486. The number of nitrogens with zero attached hydrogens (tertiary/aromatic N) is 2. The normalized spacial score (nSPS) is 11.4. The molecule has 3 aromatic rings. The summed E-state index contributed by atoms with van der Waals surface area (Å²) in [7, 11) is 1.35. The van der Waals surface area contributed by atoms with Gasteiger partial charge in [-0.1, -0.05) is 18.2 Å². The van der Waals surface area contributed by atoms with Crippen LogP contribution in [0.2, 0.25) is 0 Å². The lowest BCUT2D eigenvalue weighted by Crippen LogP contribution is -2.26. The molecule has 180 valence electrons. The molecule has 0 aliphatic heterocycles. The summed E-state index contributed by atoms with van der Waals surface area (Å²) in [5.41, 5.74) is 3.25. The molecule has 1 N–H and O–H groups in total. The summed E-state index contributed by atoms with van der Waals surface area (Å²) >= 11 is 0. The number of esters is 1. The Hall–Kier alpha value is -3.62. The van der Waals surface area contributed by atoms with Gasteiger partial charge in [0.25, 0.3) is 5.91 Å². The van der Waals surface area contributed by atoms with Gasteiger partial charge in [-0.05, 0) is 68.1 Å². The Balaban J connectivity index is 1.64. The minimum absolute atomic E-state index is 0.0691. The second-order valence-electron chi connectivity index (χ2n) is 7.84. The molecule has 0 saturated carbocycles. The molecule has 1 aromatic heterocycles. The zero-order chi connectivity index (χ0) is 24.9. The number of hydrogen-bond donors (Lipinski definition) is 1. The number of carbonyl (C=O) groups is 2. The maximum Gasteiger partial charge on any atom is 0.416 e. The Bertz CT molecular complexity index is 1170. The second-order valence-corrected chi connectivity index (χ2v) is 7.84. The van der Waals surface area contributed by atoms with E-state index in [1.165, 1.54) is 19.2 Å². The first-order valence-electron chi connectivity index (χ1n) is 10.8. The number of hydrogen-bond acceptors (Lipinski definition) is 4. The molecular weight excluding hydrogens is 447 g/mol. The van der Waals surface area contributed by atoms with Crippen molar-refractivity contribution in [3.05, 3.63) is 82.2 Å². The molecule has 0 aliphatic rings. The highest BCUT2D eigenvalue weighted by Gasteiger charge is 2.32. The molecule has 0 aliphatic carbocycles. The van der Waals surface area contributed by atoms with Gasteiger partial charge < -0.3 is 10.1 Å². The second kappa shape index (κ2) is 10.5. The standard InChI is InChI=1S/C25H26F3N3O3/c1-16-21(12-13-23(32)34-3)17(2)31(30-16)20-10-8-19(9-11-20)24(33)29-15-14-18-6-4-5-7-22(18)25(26,27)28/h4-11H,12-15H2,1-3H3,(H,29,33). The molecule has 9 heteroatoms. The van der Waals surface area contributed by atoms with Gasteiger partial charge in [0.05, 0.1) is 24.1 Å². The summed E-state index contributed by atoms with van der Waals surface area (Å²) in [5, 5.41) is 7.21. The summed E-state index contributed by atoms with van der Waals surface area (Å²) in [4.78, 5) is 23.9. The smallest absolute Gasteiger partial charge is 0.416 e. The SMILES string of the molecule is COC(=O)CCc1c(C)nn(-c2ccc(C(=O)NCCc3ccccc3C(F)(F)F)cc2)c1C. The molecule has 0 bridgehead atoms. The van der Waals surface area contributed by atoms with Gasteiger partial charge in [-0.3, -0.25) is 9.59 Å². The van der Waals surface area contributed by atoms with E-state index in [2.05, 4.69) is 10.4 Å². The van der Waals surface area contributed by atoms with E-state index in [1.807, 2.05) is 13.8 Å². The highest BCUT2D eigenvalue weighted by molar-refractivity contribution is 5.94. The van der Waals surface area contributed by atoms with Crippen molar-refractivity contribution in [2.24, 2.45) is 0 Å². The number of carbonyl (C=O) groups excluding carboxylic acids is 2. The minimum atomic E-state index is -4.43. The van der Waals surface area contributed by atoms with Gasteiger partial charge in [-0.15, -0.1) is 0 Å². The van der Waals surface area contributed by atoms with E-state index >= 15 is 0 Å². The van der Waals surface area contributed by atoms with Gasteiger partial charge >= 0.3 is 12.1 Å². The topological polar surface area (TPSA) is 73.2 Å². The first-order valence-corrected chi connectivity index (χ1v) is 10.8. The Morgan fingerprint density at radius 3 is 2.35 bits per heavy atom. The third-order valence-corrected chi connectivity index (χ3v) is 5.62. The number of methoxy groups -OCH3 is 1. The molecule has 3 rings (SSSR count). The van der Waals surface area contributed by atoms with E-state index in [0.717, 1.165) is 28.7 Å². The van der Waals surface area contributed by atoms with Crippen LogP contribution in [-0.4, -0.2) is 35.3 Å². The van der Waals surface area contributed by atoms with E-state index in [0.29, 0.717) is 12.0 Å². The third-order valence-electron chi connectivity index (χ3n) is 5.62. The predicted molar refractivity (Wildman–Crippen MR) is 121 cm³/mol. The largest absolute Gasteiger partial charge is 0.469 e. The van der Waals surface area contributed by atoms with Crippen LogP contribution in [0.15, 0.2) is 48.5 Å². The first kappa shape index (κ1) is 25.0. The highest BCUT2D eigenvalue weighted by atomic mass is 19.4. The summed E-state index contributed by atoms with van der Waals surface area (Å²) in [6.07, 6.45) is -3.59. The van der Waals surface area contributed by atoms with Gasteiger partial charge in [-0.2, -0.15) is 18.3 Å². The number of amides is 1. The van der Waals surface area contributed by atoms with Crippen molar-refractivity contribution in [2.75, 3.05) is 13.7 Å². The first-order chi connectivity index (χ1) is 16.1. The zero-order valence-corrected chi connectivity index (χ0v) is 19.2. The summed E-state index contributed by atoms with van der Waals surface area (Å²) in [6, 6.07) is 12.1. The molecule has 0 unspecified atom stereocenters. The van der Waals surface area contributed by atoms with Gasteiger partial charge in [0, 0.05) is 24.2 Å². The molecule has 1 heterocycles. The van der Waals surface area contributed by atoms with E-state index in [-0.39, 0.29) is 36.8 Å². The molecular formula is C25H26F3N3O3. The number of halogens is 3. The fraction of sp³-hybridized carbons (Fsp3) is 0.320. The molecule has 1 amide bonds. The Morgan fingerprint density at radius 2 is 1.71 bits per heavy atom. The van der Waals surface area contributed by atoms with Crippen molar-refractivity contribution < 1.29 is 27.5 Å². The summed E-state index contributed by atoms with van der Waals surface area (Å²) in [6.45, 7) is 3.86. The molecule has 0 fully saturated rings. The van der Waals surface area contributed by atoms with Crippen LogP contribution in [-0.2, 0) is 28.5 Å². The lowest BCUT2D eigenvalue weighted by molar-refractivity contribution is -0.140. The Kier molecular flexibility index (Phi) is 7.75. The number of rotatable bonds is 8. The fourth-order valence-corrected chi connectivity index (χ4v) is 3.80. The molecule has 34 heavy (non-hydrogen) atoms. The lowest BCUT2D eigenvalue weighted by Gasteiger charge is -2.13. The lowest BCUT2D eigenvalue weighted by atomic mass is 10.0. The third kappa shape index (κ3) is 5.84. The van der Waals surface area contributed by atoms with E-state index in [1.54, 1.807) is 35.0 Å². The molecule has 0 spiro atoms. The highest BCUT2D eigenvalue weighted by Crippen LogP contribution is 2.31. The number of benzene rings is 2. The van der Waals surface area contributed by atoms with Crippen molar-refractivity contribution in [2.45, 2.75) is 39.3 Å². The van der Waals surface area contributed by atoms with Crippen molar-refractivity contribution >= 4 is 11.9 Å². The average Bonchev–Trinajstić information content (AvgIpc) is 3.10. The van der Waals surface area contributed by atoms with Crippen LogP contribution < -0.4 is 5.32 Å². The fourth-order valence-electron chi connectivity index (χ4n) is 3.80. The number of nitrogens with one attached hydrogen (secondary N) is 1. The van der Waals surface area contributed by atoms with Gasteiger partial charge in [0.2, 0.25) is 0 Å². The molecule has 0 saturated heterocycles. The van der Waals surface area contributed by atoms with Crippen molar-refractivity contribution in [3.8, 4) is 5.69 Å². The Morgan fingerprint density at radius 1 is 1.03 bits per heavy atom. The van der Waals surface area contributed by atoms with Crippen molar-refractivity contribution in [3.63, 3.8) is 0 Å². The number of ether oxygens (including phenoxy) is 1.